The first-order valence-corrected chi connectivity index (χ1v) is 17.7. The number of benzene rings is 2. The van der Waals surface area contributed by atoms with Gasteiger partial charge in [-0.2, -0.15) is 0 Å². The van der Waals surface area contributed by atoms with E-state index in [1.165, 1.54) is 11.1 Å². The Balaban J connectivity index is 1.24. The van der Waals surface area contributed by atoms with E-state index < -0.39 is 11.7 Å². The minimum atomic E-state index is -0.520. The number of amides is 3. The molecule has 1 aliphatic rings. The van der Waals surface area contributed by atoms with Crippen LogP contribution in [0.4, 0.5) is 4.79 Å². The molecule has 2 aromatic rings. The van der Waals surface area contributed by atoms with Crippen molar-refractivity contribution in [3.05, 3.63) is 59.7 Å². The standard InChI is InChI=1S/C38H56N4O9/c1-38(2,3)51-36(45)16-24-49-27-26-48-22-14-34(43)41(5)20-21-42(19-17-39-4)35(44)15-23-47-25-18-40-37(46)50-28-33-31-12-8-6-10-29(31)30-11-7-9-13-32(30)33/h6-13,33,39H,14-28H2,1-5H3,(H,40,46). The van der Waals surface area contributed by atoms with Crippen LogP contribution in [0, 0.1) is 0 Å². The molecule has 2 aromatic carbocycles. The molecule has 0 saturated heterocycles. The molecule has 3 amide bonds. The molecule has 0 atom stereocenters. The summed E-state index contributed by atoms with van der Waals surface area (Å²) < 4.78 is 27.3. The third-order valence-corrected chi connectivity index (χ3v) is 8.14. The molecule has 0 unspecified atom stereocenters. The molecule has 0 bridgehead atoms. The molecule has 13 nitrogen and oxygen atoms in total. The predicted octanol–water partition coefficient (Wildman–Crippen LogP) is 3.59. The molecule has 0 aromatic heterocycles. The summed E-state index contributed by atoms with van der Waals surface area (Å²) in [6.07, 6.45) is 0.0441. The number of nitrogens with zero attached hydrogens (tertiary/aromatic N) is 2. The normalized spacial score (nSPS) is 12.2. The molecule has 0 spiro atoms. The monoisotopic (exact) mass is 712 g/mol. The minimum absolute atomic E-state index is 0.00994. The number of rotatable bonds is 23. The fourth-order valence-electron chi connectivity index (χ4n) is 5.52. The summed E-state index contributed by atoms with van der Waals surface area (Å²) in [5.41, 5.74) is 4.13. The largest absolute Gasteiger partial charge is 0.460 e. The van der Waals surface area contributed by atoms with E-state index in [-0.39, 0.29) is 82.5 Å². The van der Waals surface area contributed by atoms with E-state index in [0.717, 1.165) is 11.1 Å². The number of hydrogen-bond donors (Lipinski definition) is 2. The average molecular weight is 713 g/mol. The van der Waals surface area contributed by atoms with E-state index in [4.69, 9.17) is 23.7 Å². The number of ether oxygens (including phenoxy) is 5. The fraction of sp³-hybridized carbons (Fsp3) is 0.579. The van der Waals surface area contributed by atoms with Crippen LogP contribution in [0.15, 0.2) is 48.5 Å². The van der Waals surface area contributed by atoms with Crippen molar-refractivity contribution in [3.8, 4) is 11.1 Å². The Labute approximate surface area is 302 Å². The lowest BCUT2D eigenvalue weighted by Gasteiger charge is -2.26. The molecular weight excluding hydrogens is 656 g/mol. The molecule has 0 radical (unpaired) electrons. The van der Waals surface area contributed by atoms with Gasteiger partial charge in [-0.05, 0) is 50.1 Å². The number of esters is 1. The molecule has 1 aliphatic carbocycles. The third-order valence-electron chi connectivity index (χ3n) is 8.14. The van der Waals surface area contributed by atoms with E-state index in [1.807, 2.05) is 52.1 Å². The topological polar surface area (TPSA) is 145 Å². The first-order valence-electron chi connectivity index (χ1n) is 17.7. The van der Waals surface area contributed by atoms with Crippen molar-refractivity contribution < 1.29 is 42.9 Å². The van der Waals surface area contributed by atoms with Crippen molar-refractivity contribution in [1.82, 2.24) is 20.4 Å². The molecule has 0 saturated carbocycles. The van der Waals surface area contributed by atoms with Gasteiger partial charge >= 0.3 is 12.1 Å². The maximum atomic E-state index is 12.9. The van der Waals surface area contributed by atoms with Gasteiger partial charge in [-0.3, -0.25) is 14.4 Å². The van der Waals surface area contributed by atoms with Gasteiger partial charge in [0, 0.05) is 45.7 Å². The Morgan fingerprint density at radius 1 is 0.706 bits per heavy atom. The second kappa shape index (κ2) is 22.0. The Bertz CT molecular complexity index is 1350. The summed E-state index contributed by atoms with van der Waals surface area (Å²) in [5, 5.41) is 5.77. The Kier molecular flexibility index (Phi) is 17.9. The van der Waals surface area contributed by atoms with Crippen LogP contribution < -0.4 is 10.6 Å². The summed E-state index contributed by atoms with van der Waals surface area (Å²) in [6, 6.07) is 16.4. The molecule has 51 heavy (non-hydrogen) atoms. The SMILES string of the molecule is CNCCN(CCN(C)C(=O)CCOCCOCCC(=O)OC(C)(C)C)C(=O)CCOCCNC(=O)OCC1c2ccccc2-c2ccccc21. The van der Waals surface area contributed by atoms with Gasteiger partial charge in [0.05, 0.1) is 58.9 Å². The van der Waals surface area contributed by atoms with Gasteiger partial charge in [-0.1, -0.05) is 48.5 Å². The Hall–Kier alpha value is -4.04. The highest BCUT2D eigenvalue weighted by Crippen LogP contribution is 2.44. The third kappa shape index (κ3) is 15.0. The van der Waals surface area contributed by atoms with Crippen LogP contribution in [0.1, 0.15) is 57.1 Å². The molecule has 0 aliphatic heterocycles. The number of alkyl carbamates (subject to hydrolysis) is 1. The molecule has 0 fully saturated rings. The highest BCUT2D eigenvalue weighted by molar-refractivity contribution is 5.79. The summed E-state index contributed by atoms with van der Waals surface area (Å²) in [6.45, 7) is 9.38. The van der Waals surface area contributed by atoms with Gasteiger partial charge in [0.2, 0.25) is 11.8 Å². The van der Waals surface area contributed by atoms with Gasteiger partial charge in [-0.25, -0.2) is 4.79 Å². The zero-order chi connectivity index (χ0) is 37.1. The molecule has 0 heterocycles. The summed E-state index contributed by atoms with van der Waals surface area (Å²) in [4.78, 5) is 52.9. The first kappa shape index (κ1) is 41.4. The van der Waals surface area contributed by atoms with Crippen molar-refractivity contribution in [2.45, 2.75) is 51.6 Å². The van der Waals surface area contributed by atoms with Crippen LogP contribution in [-0.4, -0.2) is 132 Å². The number of hydrogen-bond acceptors (Lipinski definition) is 10. The van der Waals surface area contributed by atoms with Crippen LogP contribution in [0.3, 0.4) is 0 Å². The van der Waals surface area contributed by atoms with Gasteiger partial charge in [0.15, 0.2) is 0 Å². The molecule has 2 N–H and O–H groups in total. The van der Waals surface area contributed by atoms with Crippen molar-refractivity contribution in [2.75, 3.05) is 93.1 Å². The second-order valence-electron chi connectivity index (χ2n) is 13.2. The lowest BCUT2D eigenvalue weighted by molar-refractivity contribution is -0.156. The van der Waals surface area contributed by atoms with E-state index in [2.05, 4.69) is 34.9 Å². The van der Waals surface area contributed by atoms with E-state index >= 15 is 0 Å². The lowest BCUT2D eigenvalue weighted by Crippen LogP contribution is -2.42. The predicted molar refractivity (Wildman–Crippen MR) is 193 cm³/mol. The van der Waals surface area contributed by atoms with E-state index in [1.54, 1.807) is 16.8 Å². The zero-order valence-corrected chi connectivity index (χ0v) is 30.9. The maximum absolute atomic E-state index is 12.9. The smallest absolute Gasteiger partial charge is 0.407 e. The molecule has 282 valence electrons. The minimum Gasteiger partial charge on any atom is -0.460 e. The summed E-state index contributed by atoms with van der Waals surface area (Å²) in [7, 11) is 3.52. The molecular formula is C38H56N4O9. The van der Waals surface area contributed by atoms with Gasteiger partial charge in [0.25, 0.3) is 0 Å². The van der Waals surface area contributed by atoms with Crippen molar-refractivity contribution in [2.24, 2.45) is 0 Å². The Morgan fingerprint density at radius 3 is 1.88 bits per heavy atom. The number of nitrogens with one attached hydrogen (secondary N) is 2. The summed E-state index contributed by atoms with van der Waals surface area (Å²) in [5.74, 6) is -0.488. The first-order chi connectivity index (χ1) is 24.5. The Morgan fingerprint density at radius 2 is 1.27 bits per heavy atom. The van der Waals surface area contributed by atoms with Gasteiger partial charge in [0.1, 0.15) is 12.2 Å². The second-order valence-corrected chi connectivity index (χ2v) is 13.2. The molecule has 13 heteroatoms. The number of likely N-dealkylation sites (N-methyl/N-ethyl adjacent to an activating group) is 2. The fourth-order valence-corrected chi connectivity index (χ4v) is 5.52. The number of fused-ring (bicyclic) bond motifs is 3. The summed E-state index contributed by atoms with van der Waals surface area (Å²) >= 11 is 0. The van der Waals surface area contributed by atoms with Crippen LogP contribution in [0.25, 0.3) is 11.1 Å². The van der Waals surface area contributed by atoms with Gasteiger partial charge < -0.3 is 44.1 Å². The van der Waals surface area contributed by atoms with Crippen LogP contribution in [0.5, 0.6) is 0 Å². The van der Waals surface area contributed by atoms with E-state index in [9.17, 15) is 19.2 Å². The number of carbonyl (C=O) groups is 4. The quantitative estimate of drug-likeness (QED) is 0.130. The lowest BCUT2D eigenvalue weighted by atomic mass is 9.98. The maximum Gasteiger partial charge on any atom is 0.407 e. The average Bonchev–Trinajstić information content (AvgIpc) is 3.42. The zero-order valence-electron chi connectivity index (χ0n) is 30.9. The van der Waals surface area contributed by atoms with Crippen molar-refractivity contribution in [1.29, 1.82) is 0 Å². The van der Waals surface area contributed by atoms with Crippen molar-refractivity contribution in [3.63, 3.8) is 0 Å². The highest BCUT2D eigenvalue weighted by Gasteiger charge is 2.29. The van der Waals surface area contributed by atoms with Crippen LogP contribution in [-0.2, 0) is 38.1 Å². The number of carbonyl (C=O) groups excluding carboxylic acids is 4. The molecule has 3 rings (SSSR count). The van der Waals surface area contributed by atoms with Crippen LogP contribution >= 0.6 is 0 Å². The van der Waals surface area contributed by atoms with Gasteiger partial charge in [-0.15, -0.1) is 0 Å². The van der Waals surface area contributed by atoms with Crippen LogP contribution in [0.2, 0.25) is 0 Å². The van der Waals surface area contributed by atoms with E-state index in [0.29, 0.717) is 39.4 Å². The highest BCUT2D eigenvalue weighted by atomic mass is 16.6. The van der Waals surface area contributed by atoms with Crippen molar-refractivity contribution >= 4 is 23.9 Å².